The lowest BCUT2D eigenvalue weighted by atomic mass is 9.75. The van der Waals surface area contributed by atoms with Crippen LogP contribution in [0.2, 0.25) is 0 Å². The molecule has 0 saturated carbocycles. The van der Waals surface area contributed by atoms with Gasteiger partial charge in [-0.3, -0.25) is 0 Å². The maximum absolute atomic E-state index is 13.4. The van der Waals surface area contributed by atoms with Gasteiger partial charge in [0.2, 0.25) is 0 Å². The highest BCUT2D eigenvalue weighted by Gasteiger charge is 2.54. The number of carbonyl (C=O) groups is 2. The molecule has 6 nitrogen and oxygen atoms in total. The van der Waals surface area contributed by atoms with Crippen LogP contribution in [-0.4, -0.2) is 27.3 Å². The Balaban J connectivity index is 2.29. The molecule has 0 radical (unpaired) electrons. The lowest BCUT2D eigenvalue weighted by molar-refractivity contribution is 0.0239. The summed E-state index contributed by atoms with van der Waals surface area (Å²) in [4.78, 5) is 25.9. The first-order valence-corrected chi connectivity index (χ1v) is 13.8. The van der Waals surface area contributed by atoms with E-state index in [0.717, 1.165) is 22.3 Å². The minimum atomic E-state index is -1.76. The number of carboxylic acid groups (broad SMARTS) is 1. The Morgan fingerprint density at radius 1 is 0.865 bits per heavy atom. The van der Waals surface area contributed by atoms with Gasteiger partial charge in [0.25, 0.3) is 0 Å². The van der Waals surface area contributed by atoms with Crippen molar-refractivity contribution < 1.29 is 29.6 Å². The molecular weight excluding hydrogens is 604 g/mol. The molecule has 3 aromatic rings. The fourth-order valence-corrected chi connectivity index (χ4v) is 6.72. The van der Waals surface area contributed by atoms with Gasteiger partial charge in [0.1, 0.15) is 11.5 Å². The number of aromatic hydroxyl groups is 2. The number of hydrogen-bond acceptors (Lipinski definition) is 5. The van der Waals surface area contributed by atoms with Gasteiger partial charge >= 0.3 is 11.9 Å². The van der Waals surface area contributed by atoms with Gasteiger partial charge in [-0.25, -0.2) is 9.59 Å². The Morgan fingerprint density at radius 2 is 1.35 bits per heavy atom. The molecule has 1 aliphatic heterocycles. The molecule has 0 bridgehead atoms. The average Bonchev–Trinajstić information content (AvgIpc) is 3.19. The third kappa shape index (κ3) is 3.96. The van der Waals surface area contributed by atoms with Crippen molar-refractivity contribution in [3.63, 3.8) is 0 Å². The van der Waals surface area contributed by atoms with Crippen LogP contribution in [0.5, 0.6) is 11.5 Å². The molecule has 0 fully saturated rings. The van der Waals surface area contributed by atoms with Gasteiger partial charge in [0.05, 0.1) is 20.1 Å². The van der Waals surface area contributed by atoms with Gasteiger partial charge in [-0.2, -0.15) is 0 Å². The Labute approximate surface area is 232 Å². The molecule has 4 rings (SSSR count). The minimum absolute atomic E-state index is 0.00904. The maximum atomic E-state index is 13.4. The highest BCUT2D eigenvalue weighted by molar-refractivity contribution is 9.11. The predicted octanol–water partition coefficient (Wildman–Crippen LogP) is 7.03. The van der Waals surface area contributed by atoms with Crippen molar-refractivity contribution in [2.45, 2.75) is 59.0 Å². The van der Waals surface area contributed by atoms with Crippen molar-refractivity contribution in [3.8, 4) is 11.5 Å². The summed E-state index contributed by atoms with van der Waals surface area (Å²) in [6.45, 7) is 7.80. The van der Waals surface area contributed by atoms with Crippen molar-refractivity contribution in [1.82, 2.24) is 0 Å². The van der Waals surface area contributed by atoms with Gasteiger partial charge in [-0.15, -0.1) is 0 Å². The number of aromatic carboxylic acids is 1. The summed E-state index contributed by atoms with van der Waals surface area (Å²) < 4.78 is 6.81. The molecule has 3 N–H and O–H groups in total. The van der Waals surface area contributed by atoms with E-state index < -0.39 is 17.5 Å². The third-order valence-electron chi connectivity index (χ3n) is 7.21. The van der Waals surface area contributed by atoms with Crippen molar-refractivity contribution >= 4 is 43.8 Å². The molecule has 8 heteroatoms. The van der Waals surface area contributed by atoms with E-state index >= 15 is 0 Å². The largest absolute Gasteiger partial charge is 0.506 e. The van der Waals surface area contributed by atoms with Crippen molar-refractivity contribution in [3.05, 3.63) is 89.3 Å². The van der Waals surface area contributed by atoms with E-state index in [0.29, 0.717) is 45.8 Å². The van der Waals surface area contributed by atoms with Crippen LogP contribution in [-0.2, 0) is 36.0 Å². The lowest BCUT2D eigenvalue weighted by Crippen LogP contribution is -2.33. The number of aryl methyl sites for hydroxylation is 2. The summed E-state index contributed by atoms with van der Waals surface area (Å²) in [7, 11) is 0. The zero-order chi connectivity index (χ0) is 27.2. The highest BCUT2D eigenvalue weighted by Crippen LogP contribution is 2.56. The number of hydrogen-bond donors (Lipinski definition) is 3. The number of carbonyl (C=O) groups excluding carboxylic acids is 1. The number of phenols is 2. The highest BCUT2D eigenvalue weighted by atomic mass is 79.9. The topological polar surface area (TPSA) is 104 Å². The lowest BCUT2D eigenvalue weighted by Gasteiger charge is -2.34. The molecule has 1 aliphatic rings. The molecule has 194 valence electrons. The fraction of sp³-hybridized carbons (Fsp3) is 0.310. The van der Waals surface area contributed by atoms with Crippen LogP contribution in [0.1, 0.15) is 87.4 Å². The Hall–Kier alpha value is -2.84. The molecule has 0 unspecified atom stereocenters. The van der Waals surface area contributed by atoms with E-state index in [9.17, 15) is 24.9 Å². The third-order valence-corrected chi connectivity index (χ3v) is 8.82. The van der Waals surface area contributed by atoms with Gasteiger partial charge in [0.15, 0.2) is 5.60 Å². The number of ether oxygens (including phenoxy) is 1. The number of carboxylic acids is 1. The maximum Gasteiger partial charge on any atom is 0.340 e. The number of fused-ring (bicyclic) bond motifs is 1. The second kappa shape index (κ2) is 10.1. The molecule has 0 saturated heterocycles. The molecular formula is C29H28Br2O6. The van der Waals surface area contributed by atoms with Crippen LogP contribution in [0.15, 0.2) is 39.3 Å². The smallest absolute Gasteiger partial charge is 0.340 e. The minimum Gasteiger partial charge on any atom is -0.506 e. The first-order chi connectivity index (χ1) is 17.6. The summed E-state index contributed by atoms with van der Waals surface area (Å²) in [5.41, 5.74) is 2.36. The molecule has 3 aromatic carbocycles. The summed E-state index contributed by atoms with van der Waals surface area (Å²) in [6.07, 6.45) is 2.34. The molecule has 1 heterocycles. The summed E-state index contributed by atoms with van der Waals surface area (Å²) in [6, 6.07) is 8.18. The number of halogens is 2. The standard InChI is InChI=1S/C29H28Br2O6/c1-5-14-12-20(23(30)25(32)16(14)7-3)29(21-13-15(6-2)17(8-4)26(33)24(21)31)22-18(27(34)35)10-9-11-19(22)28(36)37-29/h9-13,32-33H,5-8H2,1-4H3,(H,34,35). The number of esters is 1. The fourth-order valence-electron chi connectivity index (χ4n) is 5.46. The van der Waals surface area contributed by atoms with E-state index in [1.165, 1.54) is 18.2 Å². The molecule has 0 aliphatic carbocycles. The molecule has 0 spiro atoms. The molecule has 0 amide bonds. The van der Waals surface area contributed by atoms with E-state index in [2.05, 4.69) is 31.9 Å². The van der Waals surface area contributed by atoms with E-state index in [1.54, 1.807) is 0 Å². The van der Waals surface area contributed by atoms with Crippen LogP contribution in [0.4, 0.5) is 0 Å². The van der Waals surface area contributed by atoms with Crippen LogP contribution >= 0.6 is 31.9 Å². The monoisotopic (exact) mass is 630 g/mol. The molecule has 37 heavy (non-hydrogen) atoms. The summed E-state index contributed by atoms with van der Waals surface area (Å²) in [5.74, 6) is -1.89. The number of phenolic OH excluding ortho intramolecular Hbond substituents is 2. The van der Waals surface area contributed by atoms with E-state index in [4.69, 9.17) is 4.74 Å². The van der Waals surface area contributed by atoms with Crippen molar-refractivity contribution in [2.75, 3.05) is 0 Å². The first-order valence-electron chi connectivity index (χ1n) is 12.3. The number of rotatable bonds is 7. The Kier molecular flexibility index (Phi) is 7.45. The van der Waals surface area contributed by atoms with E-state index in [1.807, 2.05) is 39.8 Å². The van der Waals surface area contributed by atoms with Crippen molar-refractivity contribution in [1.29, 1.82) is 0 Å². The first kappa shape index (κ1) is 27.2. The average molecular weight is 632 g/mol. The zero-order valence-corrected chi connectivity index (χ0v) is 24.2. The second-order valence-electron chi connectivity index (χ2n) is 8.97. The predicted molar refractivity (Wildman–Crippen MR) is 148 cm³/mol. The Bertz CT molecular complexity index is 1380. The van der Waals surface area contributed by atoms with Gasteiger partial charge < -0.3 is 20.1 Å². The molecule has 0 atom stereocenters. The van der Waals surface area contributed by atoms with Gasteiger partial charge in [-0.05, 0) is 104 Å². The summed E-state index contributed by atoms with van der Waals surface area (Å²) in [5, 5.41) is 32.7. The normalized spacial score (nSPS) is 13.9. The van der Waals surface area contributed by atoms with Crippen LogP contribution in [0, 0.1) is 0 Å². The van der Waals surface area contributed by atoms with Gasteiger partial charge in [0, 0.05) is 16.7 Å². The number of benzene rings is 3. The Morgan fingerprint density at radius 3 is 1.76 bits per heavy atom. The van der Waals surface area contributed by atoms with Crippen LogP contribution in [0.25, 0.3) is 0 Å². The van der Waals surface area contributed by atoms with Crippen molar-refractivity contribution in [2.24, 2.45) is 0 Å². The summed E-state index contributed by atoms with van der Waals surface area (Å²) >= 11 is 7.10. The van der Waals surface area contributed by atoms with Crippen LogP contribution in [0.3, 0.4) is 0 Å². The zero-order valence-electron chi connectivity index (χ0n) is 21.0. The second-order valence-corrected chi connectivity index (χ2v) is 10.6. The molecule has 0 aromatic heterocycles. The SMILES string of the molecule is CCc1cc(C2(c3cc(CC)c(CC)c(O)c3Br)OC(=O)c3cccc(C(=O)O)c32)c(Br)c(O)c1CC. The number of cyclic esters (lactones) is 1. The quantitative estimate of drug-likeness (QED) is 0.242. The van der Waals surface area contributed by atoms with Crippen LogP contribution < -0.4 is 0 Å². The van der Waals surface area contributed by atoms with E-state index in [-0.39, 0.29) is 28.2 Å². The van der Waals surface area contributed by atoms with Gasteiger partial charge in [-0.1, -0.05) is 33.8 Å².